The van der Waals surface area contributed by atoms with Gasteiger partial charge < -0.3 is 5.32 Å². The largest absolute Gasteiger partial charge is 0.319 e. The zero-order valence-corrected chi connectivity index (χ0v) is 14.3. The molecule has 0 heterocycles. The normalized spacial score (nSPS) is 11.8. The number of para-hydroxylation sites is 2. The van der Waals surface area contributed by atoms with E-state index >= 15 is 0 Å². The van der Waals surface area contributed by atoms with Gasteiger partial charge in [0.15, 0.2) is 0 Å². The second kappa shape index (κ2) is 7.68. The maximum absolute atomic E-state index is 12.3. The number of nitrogens with one attached hydrogen (secondary N) is 1. The summed E-state index contributed by atoms with van der Waals surface area (Å²) in [6, 6.07) is 11.0. The van der Waals surface area contributed by atoms with Crippen molar-refractivity contribution >= 4 is 52.2 Å². The Kier molecular flexibility index (Phi) is 5.87. The van der Waals surface area contributed by atoms with Gasteiger partial charge in [0, 0.05) is 11.0 Å². The van der Waals surface area contributed by atoms with E-state index in [1.54, 1.807) is 31.2 Å². The Balaban J connectivity index is 2.14. The highest BCUT2D eigenvalue weighted by Gasteiger charge is 2.21. The van der Waals surface area contributed by atoms with Crippen molar-refractivity contribution < 1.29 is 9.72 Å². The number of amides is 1. The van der Waals surface area contributed by atoms with Gasteiger partial charge in [0.25, 0.3) is 5.69 Å². The summed E-state index contributed by atoms with van der Waals surface area (Å²) in [6.07, 6.45) is 0. The van der Waals surface area contributed by atoms with Crippen LogP contribution in [0.15, 0.2) is 47.4 Å². The summed E-state index contributed by atoms with van der Waals surface area (Å²) in [5, 5.41) is 13.9. The van der Waals surface area contributed by atoms with Crippen LogP contribution in [0.1, 0.15) is 6.92 Å². The predicted octanol–water partition coefficient (Wildman–Crippen LogP) is 5.02. The molecule has 0 radical (unpaired) electrons. The van der Waals surface area contributed by atoms with Crippen LogP contribution in [0.4, 0.5) is 11.4 Å². The highest BCUT2D eigenvalue weighted by Crippen LogP contribution is 2.36. The molecule has 0 bridgehead atoms. The molecule has 2 aromatic rings. The zero-order valence-electron chi connectivity index (χ0n) is 12.0. The van der Waals surface area contributed by atoms with Gasteiger partial charge in [0.1, 0.15) is 5.69 Å². The van der Waals surface area contributed by atoms with Crippen molar-refractivity contribution in [2.75, 3.05) is 5.32 Å². The number of nitro benzene ring substituents is 1. The second-order valence-corrected chi connectivity index (χ2v) is 6.74. The number of hydrogen-bond donors (Lipinski definition) is 1. The first-order valence-corrected chi connectivity index (χ1v) is 8.18. The first kappa shape index (κ1) is 17.6. The molecule has 0 spiro atoms. The van der Waals surface area contributed by atoms with E-state index in [-0.39, 0.29) is 17.3 Å². The minimum atomic E-state index is -0.543. The number of carbonyl (C=O) groups excluding carboxylic acids is 1. The maximum atomic E-state index is 12.3. The highest BCUT2D eigenvalue weighted by atomic mass is 35.5. The molecule has 0 fully saturated rings. The van der Waals surface area contributed by atoms with Crippen molar-refractivity contribution in [1.29, 1.82) is 0 Å². The predicted molar refractivity (Wildman–Crippen MR) is 93.5 cm³/mol. The molecule has 2 aromatic carbocycles. The van der Waals surface area contributed by atoms with Gasteiger partial charge in [-0.25, -0.2) is 0 Å². The van der Waals surface area contributed by atoms with E-state index in [0.717, 1.165) is 0 Å². The molecule has 0 aliphatic rings. The van der Waals surface area contributed by atoms with Crippen molar-refractivity contribution in [3.8, 4) is 0 Å². The Morgan fingerprint density at radius 2 is 1.78 bits per heavy atom. The Morgan fingerprint density at radius 1 is 1.17 bits per heavy atom. The molecule has 1 amide bonds. The molecule has 0 aromatic heterocycles. The number of nitro groups is 1. The lowest BCUT2D eigenvalue weighted by Crippen LogP contribution is -2.22. The number of benzene rings is 2. The van der Waals surface area contributed by atoms with E-state index in [2.05, 4.69) is 5.32 Å². The lowest BCUT2D eigenvalue weighted by Gasteiger charge is -2.14. The van der Waals surface area contributed by atoms with Crippen LogP contribution < -0.4 is 5.32 Å². The summed E-state index contributed by atoms with van der Waals surface area (Å²) < 4.78 is 0. The van der Waals surface area contributed by atoms with E-state index in [4.69, 9.17) is 23.2 Å². The lowest BCUT2D eigenvalue weighted by atomic mass is 10.2. The third-order valence-corrected chi connectivity index (χ3v) is 5.04. The monoisotopic (exact) mass is 370 g/mol. The standard InChI is InChI=1S/C15H12Cl2N2O3S/c1-9(23-14-10(16)5-4-6-11(14)17)15(20)18-12-7-2-3-8-13(12)19(21)22/h2-9H,1H3,(H,18,20). The van der Waals surface area contributed by atoms with Gasteiger partial charge in [-0.3, -0.25) is 14.9 Å². The smallest absolute Gasteiger partial charge is 0.292 e. The van der Waals surface area contributed by atoms with Gasteiger partial charge in [-0.2, -0.15) is 0 Å². The van der Waals surface area contributed by atoms with Crippen LogP contribution in [-0.2, 0) is 4.79 Å². The lowest BCUT2D eigenvalue weighted by molar-refractivity contribution is -0.383. The van der Waals surface area contributed by atoms with E-state index < -0.39 is 10.2 Å². The fourth-order valence-corrected chi connectivity index (χ4v) is 3.34. The molecule has 120 valence electrons. The minimum absolute atomic E-state index is 0.153. The van der Waals surface area contributed by atoms with Crippen LogP contribution in [0, 0.1) is 10.1 Å². The summed E-state index contributed by atoms with van der Waals surface area (Å²) in [5.74, 6) is -0.375. The molecule has 5 nitrogen and oxygen atoms in total. The van der Waals surface area contributed by atoms with E-state index in [9.17, 15) is 14.9 Å². The molecular formula is C15H12Cl2N2O3S. The van der Waals surface area contributed by atoms with Crippen LogP contribution in [0.2, 0.25) is 10.0 Å². The highest BCUT2D eigenvalue weighted by molar-refractivity contribution is 8.00. The molecule has 2 rings (SSSR count). The average molecular weight is 371 g/mol. The number of rotatable bonds is 5. The van der Waals surface area contributed by atoms with Crippen LogP contribution in [0.3, 0.4) is 0 Å². The molecule has 0 saturated heterocycles. The van der Waals surface area contributed by atoms with Crippen LogP contribution >= 0.6 is 35.0 Å². The Bertz CT molecular complexity index is 735. The quantitative estimate of drug-likeness (QED) is 0.455. The number of nitrogens with zero attached hydrogens (tertiary/aromatic N) is 1. The second-order valence-electron chi connectivity index (χ2n) is 4.57. The van der Waals surface area contributed by atoms with Gasteiger partial charge in [-0.15, -0.1) is 11.8 Å². The molecule has 1 N–H and O–H groups in total. The molecule has 1 atom stereocenters. The van der Waals surface area contributed by atoms with Crippen LogP contribution in [-0.4, -0.2) is 16.1 Å². The van der Waals surface area contributed by atoms with Gasteiger partial charge in [0.2, 0.25) is 5.91 Å². The Hall–Kier alpha value is -1.76. The van der Waals surface area contributed by atoms with Gasteiger partial charge in [-0.1, -0.05) is 41.4 Å². The molecule has 0 aliphatic carbocycles. The summed E-state index contributed by atoms with van der Waals surface area (Å²) in [6.45, 7) is 1.68. The third kappa shape index (κ3) is 4.37. The van der Waals surface area contributed by atoms with Gasteiger partial charge >= 0.3 is 0 Å². The number of thioether (sulfide) groups is 1. The summed E-state index contributed by atoms with van der Waals surface area (Å²) in [7, 11) is 0. The third-order valence-electron chi connectivity index (χ3n) is 2.94. The van der Waals surface area contributed by atoms with Gasteiger partial charge in [-0.05, 0) is 25.1 Å². The molecular weight excluding hydrogens is 359 g/mol. The Morgan fingerprint density at radius 3 is 2.39 bits per heavy atom. The Labute approximate surface area is 147 Å². The van der Waals surface area contributed by atoms with Crippen molar-refractivity contribution in [2.24, 2.45) is 0 Å². The molecule has 8 heteroatoms. The first-order chi connectivity index (χ1) is 10.9. The van der Waals surface area contributed by atoms with E-state index in [1.807, 2.05) is 0 Å². The molecule has 0 aliphatic heterocycles. The molecule has 1 unspecified atom stereocenters. The van der Waals surface area contributed by atoms with Crippen molar-refractivity contribution in [3.05, 3.63) is 62.6 Å². The van der Waals surface area contributed by atoms with Crippen molar-refractivity contribution in [3.63, 3.8) is 0 Å². The zero-order chi connectivity index (χ0) is 17.0. The first-order valence-electron chi connectivity index (χ1n) is 6.55. The van der Waals surface area contributed by atoms with E-state index in [0.29, 0.717) is 14.9 Å². The van der Waals surface area contributed by atoms with Crippen LogP contribution in [0.25, 0.3) is 0 Å². The average Bonchev–Trinajstić information content (AvgIpc) is 2.51. The fraction of sp³-hybridized carbons (Fsp3) is 0.133. The number of hydrogen-bond acceptors (Lipinski definition) is 4. The SMILES string of the molecule is CC(Sc1c(Cl)cccc1Cl)C(=O)Nc1ccccc1[N+](=O)[O-]. The summed E-state index contributed by atoms with van der Waals surface area (Å²) in [5.41, 5.74) is -0.00553. The molecule has 0 saturated carbocycles. The fourth-order valence-electron chi connectivity index (χ4n) is 1.80. The minimum Gasteiger partial charge on any atom is -0.319 e. The van der Waals surface area contributed by atoms with Crippen molar-refractivity contribution in [1.82, 2.24) is 0 Å². The number of anilines is 1. The topological polar surface area (TPSA) is 72.2 Å². The summed E-state index contributed by atoms with van der Waals surface area (Å²) in [4.78, 5) is 23.3. The van der Waals surface area contributed by atoms with E-state index in [1.165, 1.54) is 30.0 Å². The number of carbonyl (C=O) groups is 1. The van der Waals surface area contributed by atoms with Crippen LogP contribution in [0.5, 0.6) is 0 Å². The number of halogens is 2. The van der Waals surface area contributed by atoms with Crippen molar-refractivity contribution in [2.45, 2.75) is 17.1 Å². The van der Waals surface area contributed by atoms with Gasteiger partial charge in [0.05, 0.1) is 20.2 Å². The molecule has 23 heavy (non-hydrogen) atoms. The summed E-state index contributed by atoms with van der Waals surface area (Å²) >= 11 is 13.4. The maximum Gasteiger partial charge on any atom is 0.292 e.